The molecule has 1 saturated carbocycles. The molecule has 1 aliphatic heterocycles. The van der Waals surface area contributed by atoms with E-state index in [4.69, 9.17) is 4.74 Å². The maximum Gasteiger partial charge on any atom is 0.410 e. The number of hydrogen-bond donors (Lipinski definition) is 1. The van der Waals surface area contributed by atoms with E-state index >= 15 is 0 Å². The van der Waals surface area contributed by atoms with Gasteiger partial charge in [-0.1, -0.05) is 18.2 Å². The van der Waals surface area contributed by atoms with Crippen LogP contribution in [-0.2, 0) is 17.6 Å². The number of aliphatic hydroxyl groups is 1. The van der Waals surface area contributed by atoms with Crippen molar-refractivity contribution in [3.63, 3.8) is 0 Å². The minimum Gasteiger partial charge on any atom is -0.444 e. The minimum atomic E-state index is -0.468. The number of hydrogen-bond acceptors (Lipinski definition) is 3. The lowest BCUT2D eigenvalue weighted by molar-refractivity contribution is 0.0159. The fraction of sp³-hybridized carbons (Fsp3) is 0.682. The Kier molecular flexibility index (Phi) is 5.61. The van der Waals surface area contributed by atoms with E-state index in [2.05, 4.69) is 25.1 Å². The number of nitrogens with zero attached hydrogens (tertiary/aromatic N) is 1. The van der Waals surface area contributed by atoms with Crippen LogP contribution in [0.2, 0.25) is 0 Å². The zero-order valence-electron chi connectivity index (χ0n) is 16.6. The lowest BCUT2D eigenvalue weighted by Crippen LogP contribution is -2.42. The molecule has 1 N–H and O–H groups in total. The van der Waals surface area contributed by atoms with Gasteiger partial charge in [0.1, 0.15) is 5.60 Å². The van der Waals surface area contributed by atoms with Gasteiger partial charge in [-0.2, -0.15) is 0 Å². The maximum atomic E-state index is 12.5. The summed E-state index contributed by atoms with van der Waals surface area (Å²) >= 11 is 0. The molecule has 1 heterocycles. The highest BCUT2D eigenvalue weighted by Crippen LogP contribution is 2.35. The Morgan fingerprint density at radius 2 is 1.92 bits per heavy atom. The molecule has 3 rings (SSSR count). The zero-order valence-corrected chi connectivity index (χ0v) is 16.6. The van der Waals surface area contributed by atoms with E-state index in [9.17, 15) is 9.90 Å². The van der Waals surface area contributed by atoms with E-state index in [0.29, 0.717) is 12.5 Å². The highest BCUT2D eigenvalue weighted by Gasteiger charge is 2.32. The molecule has 1 aromatic rings. The lowest BCUT2D eigenvalue weighted by Gasteiger charge is -2.37. The second-order valence-corrected chi connectivity index (χ2v) is 8.96. The zero-order chi connectivity index (χ0) is 18.9. The summed E-state index contributed by atoms with van der Waals surface area (Å²) in [5, 5.41) is 9.73. The molecular formula is C22H33NO3. The van der Waals surface area contributed by atoms with Crippen LogP contribution in [0.25, 0.3) is 0 Å². The van der Waals surface area contributed by atoms with Gasteiger partial charge in [0.05, 0.1) is 12.1 Å². The molecule has 1 aliphatic carbocycles. The van der Waals surface area contributed by atoms with E-state index in [-0.39, 0.29) is 18.2 Å². The van der Waals surface area contributed by atoms with Crippen LogP contribution in [0.1, 0.15) is 76.1 Å². The van der Waals surface area contributed by atoms with Gasteiger partial charge in [-0.15, -0.1) is 0 Å². The number of benzene rings is 1. The van der Waals surface area contributed by atoms with Gasteiger partial charge in [-0.05, 0) is 88.8 Å². The van der Waals surface area contributed by atoms with Crippen LogP contribution in [0.5, 0.6) is 0 Å². The van der Waals surface area contributed by atoms with Gasteiger partial charge in [0.15, 0.2) is 0 Å². The molecule has 0 aromatic heterocycles. The average molecular weight is 360 g/mol. The molecule has 26 heavy (non-hydrogen) atoms. The number of carbonyl (C=O) groups is 1. The van der Waals surface area contributed by atoms with Crippen LogP contribution in [0.4, 0.5) is 4.79 Å². The summed E-state index contributed by atoms with van der Waals surface area (Å²) in [4.78, 5) is 14.4. The molecular weight excluding hydrogens is 326 g/mol. The Labute approximate surface area is 157 Å². The summed E-state index contributed by atoms with van der Waals surface area (Å²) in [6.45, 7) is 8.54. The lowest BCUT2D eigenvalue weighted by atomic mass is 9.80. The normalized spacial score (nSPS) is 26.3. The number of carbonyl (C=O) groups excluding carboxylic acids is 1. The first kappa shape index (κ1) is 19.2. The van der Waals surface area contributed by atoms with Crippen LogP contribution in [-0.4, -0.2) is 34.3 Å². The van der Waals surface area contributed by atoms with Crippen LogP contribution in [0, 0.1) is 5.92 Å². The second kappa shape index (κ2) is 7.59. The van der Waals surface area contributed by atoms with Crippen molar-refractivity contribution in [3.8, 4) is 0 Å². The first-order valence-electron chi connectivity index (χ1n) is 10.0. The second-order valence-electron chi connectivity index (χ2n) is 8.96. The Balaban J connectivity index is 1.74. The van der Waals surface area contributed by atoms with Gasteiger partial charge in [0, 0.05) is 6.54 Å². The van der Waals surface area contributed by atoms with Crippen LogP contribution < -0.4 is 0 Å². The summed E-state index contributed by atoms with van der Waals surface area (Å²) in [5.41, 5.74) is 3.64. The fourth-order valence-corrected chi connectivity index (χ4v) is 4.37. The van der Waals surface area contributed by atoms with Gasteiger partial charge in [-0.25, -0.2) is 4.79 Å². The van der Waals surface area contributed by atoms with E-state index < -0.39 is 5.60 Å². The SMILES string of the molecule is CC1c2cccc(CC3CCC(O)CC3)c2CCN1C(=O)OC(C)(C)C. The Morgan fingerprint density at radius 3 is 2.58 bits per heavy atom. The smallest absolute Gasteiger partial charge is 0.410 e. The van der Waals surface area contributed by atoms with Crippen molar-refractivity contribution in [1.82, 2.24) is 4.90 Å². The molecule has 1 fully saturated rings. The predicted octanol–water partition coefficient (Wildman–Crippen LogP) is 4.63. The Hall–Kier alpha value is -1.55. The van der Waals surface area contributed by atoms with Crippen LogP contribution in [0.3, 0.4) is 0 Å². The van der Waals surface area contributed by atoms with Crippen molar-refractivity contribution in [2.24, 2.45) is 5.92 Å². The highest BCUT2D eigenvalue weighted by atomic mass is 16.6. The third kappa shape index (κ3) is 4.40. The van der Waals surface area contributed by atoms with Gasteiger partial charge in [0.25, 0.3) is 0 Å². The van der Waals surface area contributed by atoms with Crippen molar-refractivity contribution in [2.75, 3.05) is 6.54 Å². The number of aliphatic hydroxyl groups excluding tert-OH is 1. The Morgan fingerprint density at radius 1 is 1.23 bits per heavy atom. The van der Waals surface area contributed by atoms with Crippen LogP contribution >= 0.6 is 0 Å². The van der Waals surface area contributed by atoms with Crippen molar-refractivity contribution in [1.29, 1.82) is 0 Å². The standard InChI is InChI=1S/C22H33NO3/c1-15-19-7-5-6-17(14-16-8-10-18(24)11-9-16)20(19)12-13-23(15)21(25)26-22(2,3)4/h5-7,15-16,18,24H,8-14H2,1-4H3. The monoisotopic (exact) mass is 359 g/mol. The van der Waals surface area contributed by atoms with E-state index in [0.717, 1.165) is 38.5 Å². The van der Waals surface area contributed by atoms with E-state index in [1.54, 1.807) is 0 Å². The molecule has 0 bridgehead atoms. The first-order chi connectivity index (χ1) is 12.2. The van der Waals surface area contributed by atoms with Crippen molar-refractivity contribution in [3.05, 3.63) is 34.9 Å². The molecule has 2 aliphatic rings. The number of amides is 1. The molecule has 4 heteroatoms. The molecule has 1 unspecified atom stereocenters. The van der Waals surface area contributed by atoms with E-state index in [1.807, 2.05) is 25.7 Å². The molecule has 0 spiro atoms. The minimum absolute atomic E-state index is 0.0433. The number of fused-ring (bicyclic) bond motifs is 1. The largest absolute Gasteiger partial charge is 0.444 e. The first-order valence-corrected chi connectivity index (χ1v) is 10.0. The quantitative estimate of drug-likeness (QED) is 0.837. The predicted molar refractivity (Wildman–Crippen MR) is 103 cm³/mol. The van der Waals surface area contributed by atoms with E-state index in [1.165, 1.54) is 16.7 Å². The average Bonchev–Trinajstić information content (AvgIpc) is 2.56. The van der Waals surface area contributed by atoms with Gasteiger partial charge in [-0.3, -0.25) is 0 Å². The molecule has 0 radical (unpaired) electrons. The molecule has 1 amide bonds. The molecule has 4 nitrogen and oxygen atoms in total. The Bertz CT molecular complexity index is 641. The van der Waals surface area contributed by atoms with Crippen molar-refractivity contribution < 1.29 is 14.6 Å². The van der Waals surface area contributed by atoms with Gasteiger partial charge in [0.2, 0.25) is 0 Å². The molecule has 1 aromatic carbocycles. The summed E-state index contributed by atoms with van der Waals surface area (Å²) in [7, 11) is 0. The van der Waals surface area contributed by atoms with Gasteiger partial charge < -0.3 is 14.7 Å². The molecule has 144 valence electrons. The third-order valence-electron chi connectivity index (χ3n) is 5.78. The highest BCUT2D eigenvalue weighted by molar-refractivity contribution is 5.69. The summed E-state index contributed by atoms with van der Waals surface area (Å²) in [6.07, 6.45) is 5.76. The number of rotatable bonds is 2. The fourth-order valence-electron chi connectivity index (χ4n) is 4.37. The summed E-state index contributed by atoms with van der Waals surface area (Å²) < 4.78 is 5.59. The topological polar surface area (TPSA) is 49.8 Å². The van der Waals surface area contributed by atoms with Crippen molar-refractivity contribution >= 4 is 6.09 Å². The summed E-state index contributed by atoms with van der Waals surface area (Å²) in [5.74, 6) is 0.670. The third-order valence-corrected chi connectivity index (χ3v) is 5.78. The molecule has 0 saturated heterocycles. The maximum absolute atomic E-state index is 12.5. The van der Waals surface area contributed by atoms with Gasteiger partial charge >= 0.3 is 6.09 Å². The molecule has 1 atom stereocenters. The van der Waals surface area contributed by atoms with Crippen LogP contribution in [0.15, 0.2) is 18.2 Å². The van der Waals surface area contributed by atoms with Crippen molar-refractivity contribution in [2.45, 2.75) is 84.0 Å². The number of ether oxygens (including phenoxy) is 1. The summed E-state index contributed by atoms with van der Waals surface area (Å²) in [6, 6.07) is 6.58.